The molecule has 2 rings (SSSR count). The Hall–Kier alpha value is -2.06. The lowest BCUT2D eigenvalue weighted by molar-refractivity contribution is 0.286. The number of pyridine rings is 1. The van der Waals surface area contributed by atoms with Gasteiger partial charge in [-0.1, -0.05) is 11.8 Å². The van der Waals surface area contributed by atoms with Crippen molar-refractivity contribution in [2.75, 3.05) is 5.88 Å². The fraction of sp³-hybridized carbons (Fsp3) is 0.308. The maximum absolute atomic E-state index is 5.63. The quantitative estimate of drug-likeness (QED) is 0.632. The van der Waals surface area contributed by atoms with Crippen molar-refractivity contribution in [3.63, 3.8) is 0 Å². The van der Waals surface area contributed by atoms with Crippen molar-refractivity contribution in [2.45, 2.75) is 20.1 Å². The SMILES string of the molecule is CCn1ncnc1COc1cncc(C#CCCl)c1. The molecule has 19 heavy (non-hydrogen) atoms. The molecular formula is C13H13ClN4O. The molecule has 5 nitrogen and oxygen atoms in total. The molecule has 0 radical (unpaired) electrons. The van der Waals surface area contributed by atoms with Gasteiger partial charge in [-0.2, -0.15) is 5.10 Å². The summed E-state index contributed by atoms with van der Waals surface area (Å²) in [5.74, 6) is 7.39. The van der Waals surface area contributed by atoms with E-state index in [4.69, 9.17) is 16.3 Å². The van der Waals surface area contributed by atoms with E-state index in [2.05, 4.69) is 26.9 Å². The summed E-state index contributed by atoms with van der Waals surface area (Å²) in [6.45, 7) is 3.11. The van der Waals surface area contributed by atoms with Crippen LogP contribution in [0.3, 0.4) is 0 Å². The first kappa shape index (κ1) is 13.4. The van der Waals surface area contributed by atoms with Crippen LogP contribution in [0.15, 0.2) is 24.8 Å². The molecule has 2 heterocycles. The van der Waals surface area contributed by atoms with Crippen molar-refractivity contribution in [2.24, 2.45) is 0 Å². The van der Waals surface area contributed by atoms with Crippen molar-refractivity contribution in [3.05, 3.63) is 36.2 Å². The molecule has 98 valence electrons. The molecule has 0 unspecified atom stereocenters. The van der Waals surface area contributed by atoms with E-state index >= 15 is 0 Å². The van der Waals surface area contributed by atoms with Crippen LogP contribution in [0.25, 0.3) is 0 Å². The third kappa shape index (κ3) is 3.70. The number of hydrogen-bond donors (Lipinski definition) is 0. The predicted octanol–water partition coefficient (Wildman–Crippen LogP) is 1.86. The molecular weight excluding hydrogens is 264 g/mol. The molecule has 0 fully saturated rings. The van der Waals surface area contributed by atoms with Gasteiger partial charge in [0.1, 0.15) is 18.7 Å². The number of aromatic nitrogens is 4. The molecule has 0 atom stereocenters. The van der Waals surface area contributed by atoms with Crippen LogP contribution < -0.4 is 4.74 Å². The maximum atomic E-state index is 5.63. The lowest BCUT2D eigenvalue weighted by Crippen LogP contribution is -2.07. The summed E-state index contributed by atoms with van der Waals surface area (Å²) in [6.07, 6.45) is 4.82. The van der Waals surface area contributed by atoms with Crippen molar-refractivity contribution in [1.82, 2.24) is 19.7 Å². The Kier molecular flexibility index (Phi) is 4.76. The highest BCUT2D eigenvalue weighted by Gasteiger charge is 2.04. The number of halogens is 1. The minimum Gasteiger partial charge on any atom is -0.484 e. The Morgan fingerprint density at radius 3 is 3.11 bits per heavy atom. The number of aryl methyl sites for hydroxylation is 1. The van der Waals surface area contributed by atoms with E-state index in [1.807, 2.05) is 13.0 Å². The lowest BCUT2D eigenvalue weighted by atomic mass is 10.3. The Morgan fingerprint density at radius 2 is 2.32 bits per heavy atom. The van der Waals surface area contributed by atoms with E-state index in [0.717, 1.165) is 17.9 Å². The van der Waals surface area contributed by atoms with Gasteiger partial charge in [0.15, 0.2) is 5.82 Å². The minimum absolute atomic E-state index is 0.296. The van der Waals surface area contributed by atoms with Gasteiger partial charge < -0.3 is 4.74 Å². The molecule has 0 amide bonds. The fourth-order valence-electron chi connectivity index (χ4n) is 1.51. The summed E-state index contributed by atoms with van der Waals surface area (Å²) in [4.78, 5) is 8.20. The average Bonchev–Trinajstić information content (AvgIpc) is 2.91. The zero-order valence-electron chi connectivity index (χ0n) is 10.5. The molecule has 0 saturated carbocycles. The number of alkyl halides is 1. The van der Waals surface area contributed by atoms with Gasteiger partial charge in [-0.05, 0) is 13.0 Å². The highest BCUT2D eigenvalue weighted by molar-refractivity contribution is 6.19. The molecule has 0 bridgehead atoms. The molecule has 0 N–H and O–H groups in total. The second-order valence-corrected chi connectivity index (χ2v) is 3.89. The maximum Gasteiger partial charge on any atom is 0.164 e. The van der Waals surface area contributed by atoms with E-state index in [9.17, 15) is 0 Å². The van der Waals surface area contributed by atoms with Crippen molar-refractivity contribution in [1.29, 1.82) is 0 Å². The van der Waals surface area contributed by atoms with Gasteiger partial charge in [-0.3, -0.25) is 4.98 Å². The Labute approximate surface area is 116 Å². The molecule has 0 aliphatic carbocycles. The average molecular weight is 277 g/mol. The van der Waals surface area contributed by atoms with Crippen LogP contribution in [-0.2, 0) is 13.2 Å². The molecule has 0 aliphatic rings. The van der Waals surface area contributed by atoms with Crippen LogP contribution in [-0.4, -0.2) is 25.6 Å². The van der Waals surface area contributed by atoms with Crippen LogP contribution >= 0.6 is 11.6 Å². The number of ether oxygens (including phenoxy) is 1. The first-order chi connectivity index (χ1) is 9.33. The van der Waals surface area contributed by atoms with Crippen LogP contribution in [0.1, 0.15) is 18.3 Å². The van der Waals surface area contributed by atoms with Gasteiger partial charge in [0.25, 0.3) is 0 Å². The van der Waals surface area contributed by atoms with Gasteiger partial charge in [0.2, 0.25) is 0 Å². The molecule has 0 aromatic carbocycles. The van der Waals surface area contributed by atoms with Gasteiger partial charge in [-0.25, -0.2) is 9.67 Å². The zero-order chi connectivity index (χ0) is 13.5. The molecule has 2 aromatic rings. The van der Waals surface area contributed by atoms with E-state index in [1.54, 1.807) is 17.1 Å². The third-order valence-electron chi connectivity index (χ3n) is 2.38. The lowest BCUT2D eigenvalue weighted by Gasteiger charge is -2.06. The molecule has 0 saturated heterocycles. The molecule has 6 heteroatoms. The molecule has 0 spiro atoms. The van der Waals surface area contributed by atoms with E-state index in [1.165, 1.54) is 6.33 Å². The topological polar surface area (TPSA) is 52.8 Å². The first-order valence-electron chi connectivity index (χ1n) is 5.83. The van der Waals surface area contributed by atoms with E-state index in [0.29, 0.717) is 18.2 Å². The van der Waals surface area contributed by atoms with Crippen LogP contribution in [0.4, 0.5) is 0 Å². The van der Waals surface area contributed by atoms with E-state index < -0.39 is 0 Å². The highest BCUT2D eigenvalue weighted by atomic mass is 35.5. The fourth-order valence-corrected chi connectivity index (χ4v) is 1.58. The normalized spacial score (nSPS) is 9.79. The van der Waals surface area contributed by atoms with E-state index in [-0.39, 0.29) is 0 Å². The minimum atomic E-state index is 0.296. The highest BCUT2D eigenvalue weighted by Crippen LogP contribution is 2.12. The Balaban J connectivity index is 2.03. The standard InChI is InChI=1S/C13H13ClN4O/c1-2-18-13(16-10-17-18)9-19-12-6-11(4-3-5-14)7-15-8-12/h6-8,10H,2,5,9H2,1H3. The van der Waals surface area contributed by atoms with Crippen LogP contribution in [0.5, 0.6) is 5.75 Å². The van der Waals surface area contributed by atoms with Gasteiger partial charge in [0.05, 0.1) is 12.1 Å². The largest absolute Gasteiger partial charge is 0.484 e. The molecule has 0 aliphatic heterocycles. The van der Waals surface area contributed by atoms with Gasteiger partial charge >= 0.3 is 0 Å². The zero-order valence-corrected chi connectivity index (χ0v) is 11.3. The second kappa shape index (κ2) is 6.76. The Morgan fingerprint density at radius 1 is 1.42 bits per heavy atom. The first-order valence-corrected chi connectivity index (χ1v) is 6.36. The number of rotatable bonds is 4. The smallest absolute Gasteiger partial charge is 0.164 e. The van der Waals surface area contributed by atoms with Crippen LogP contribution in [0, 0.1) is 11.8 Å². The summed E-state index contributed by atoms with van der Waals surface area (Å²) >= 11 is 5.51. The second-order valence-electron chi connectivity index (χ2n) is 3.63. The summed E-state index contributed by atoms with van der Waals surface area (Å²) in [5, 5.41) is 4.08. The predicted molar refractivity (Wildman–Crippen MR) is 71.9 cm³/mol. The summed E-state index contributed by atoms with van der Waals surface area (Å²) in [6, 6.07) is 1.82. The third-order valence-corrected chi connectivity index (χ3v) is 2.51. The summed E-state index contributed by atoms with van der Waals surface area (Å²) in [5.41, 5.74) is 0.773. The molecule has 2 aromatic heterocycles. The number of hydrogen-bond acceptors (Lipinski definition) is 4. The Bertz CT molecular complexity index is 600. The van der Waals surface area contributed by atoms with Gasteiger partial charge in [0, 0.05) is 18.3 Å². The van der Waals surface area contributed by atoms with Crippen molar-refractivity contribution >= 4 is 11.6 Å². The summed E-state index contributed by atoms with van der Waals surface area (Å²) in [7, 11) is 0. The van der Waals surface area contributed by atoms with Crippen molar-refractivity contribution < 1.29 is 4.74 Å². The number of nitrogens with zero attached hydrogens (tertiary/aromatic N) is 4. The van der Waals surface area contributed by atoms with Gasteiger partial charge in [-0.15, -0.1) is 11.6 Å². The summed E-state index contributed by atoms with van der Waals surface area (Å²) < 4.78 is 7.41. The monoisotopic (exact) mass is 276 g/mol. The van der Waals surface area contributed by atoms with Crippen molar-refractivity contribution in [3.8, 4) is 17.6 Å². The van der Waals surface area contributed by atoms with Crippen LogP contribution in [0.2, 0.25) is 0 Å².